The van der Waals surface area contributed by atoms with E-state index in [4.69, 9.17) is 11.6 Å². The summed E-state index contributed by atoms with van der Waals surface area (Å²) in [4.78, 5) is 43.2. The van der Waals surface area contributed by atoms with Crippen molar-refractivity contribution in [1.82, 2.24) is 23.1 Å². The summed E-state index contributed by atoms with van der Waals surface area (Å²) in [6, 6.07) is 7.02. The first-order chi connectivity index (χ1) is 14.3. The van der Waals surface area contributed by atoms with E-state index >= 15 is 0 Å². The Morgan fingerprint density at radius 2 is 1.60 bits per heavy atom. The van der Waals surface area contributed by atoms with Crippen LogP contribution in [0.5, 0.6) is 5.88 Å². The predicted molar refractivity (Wildman–Crippen MR) is 114 cm³/mol. The minimum Gasteiger partial charge on any atom is -0.494 e. The molecule has 1 aromatic carbocycles. The molecule has 0 atom stereocenters. The molecule has 0 saturated heterocycles. The third-order valence-electron chi connectivity index (χ3n) is 5.25. The number of fused-ring (bicyclic) bond motifs is 3. The highest BCUT2D eigenvalue weighted by molar-refractivity contribution is 6.30. The number of aromatic nitrogens is 5. The first kappa shape index (κ1) is 20.0. The number of hydrogen-bond donors (Lipinski definition) is 1. The zero-order valence-electron chi connectivity index (χ0n) is 16.7. The van der Waals surface area contributed by atoms with Crippen molar-refractivity contribution in [3.63, 3.8) is 0 Å². The summed E-state index contributed by atoms with van der Waals surface area (Å²) in [6.45, 7) is 5.56. The van der Waals surface area contributed by atoms with E-state index in [-0.39, 0.29) is 48.0 Å². The van der Waals surface area contributed by atoms with Crippen LogP contribution in [0.25, 0.3) is 16.9 Å². The summed E-state index contributed by atoms with van der Waals surface area (Å²) in [5, 5.41) is 11.3. The third kappa shape index (κ3) is 2.77. The number of nitrogens with zero attached hydrogens (tertiary/aromatic N) is 5. The molecule has 9 nitrogen and oxygen atoms in total. The normalized spacial score (nSPS) is 11.6. The van der Waals surface area contributed by atoms with Crippen LogP contribution in [-0.2, 0) is 19.6 Å². The molecule has 3 aromatic heterocycles. The van der Waals surface area contributed by atoms with Gasteiger partial charge in [0, 0.05) is 18.1 Å². The molecule has 1 N–H and O–H groups in total. The molecule has 156 valence electrons. The maximum atomic E-state index is 13.0. The van der Waals surface area contributed by atoms with Gasteiger partial charge in [0.2, 0.25) is 11.7 Å². The standard InChI is InChI=1S/C20H20ClN5O4/c1-4-23-15-14(18(29)24(5-2)20(23)30)26-17(28)11(3)16(27)25(19(26)22-15)10-12-6-8-13(21)9-7-12/h6-9,27H,4-5,10H2,1-3H3. The summed E-state index contributed by atoms with van der Waals surface area (Å²) in [7, 11) is 0. The molecular weight excluding hydrogens is 410 g/mol. The zero-order chi connectivity index (χ0) is 21.7. The van der Waals surface area contributed by atoms with Crippen LogP contribution in [0.15, 0.2) is 38.6 Å². The predicted octanol–water partition coefficient (Wildman–Crippen LogP) is 1.73. The van der Waals surface area contributed by atoms with Crippen molar-refractivity contribution in [3.05, 3.63) is 71.6 Å². The lowest BCUT2D eigenvalue weighted by Crippen LogP contribution is -2.40. The molecule has 3 heterocycles. The number of aryl methyl sites for hydroxylation is 1. The van der Waals surface area contributed by atoms with Crippen molar-refractivity contribution in [2.45, 2.75) is 40.4 Å². The molecule has 0 aliphatic heterocycles. The second-order valence-corrected chi connectivity index (χ2v) is 7.40. The minimum atomic E-state index is -0.588. The van der Waals surface area contributed by atoms with E-state index in [0.29, 0.717) is 5.02 Å². The van der Waals surface area contributed by atoms with Crippen LogP contribution in [0.2, 0.25) is 5.02 Å². The lowest BCUT2D eigenvalue weighted by Gasteiger charge is -2.13. The Hall–Kier alpha value is -3.33. The first-order valence-corrected chi connectivity index (χ1v) is 9.90. The van der Waals surface area contributed by atoms with Gasteiger partial charge < -0.3 is 5.11 Å². The van der Waals surface area contributed by atoms with Crippen molar-refractivity contribution in [2.24, 2.45) is 0 Å². The van der Waals surface area contributed by atoms with Gasteiger partial charge in [0.25, 0.3) is 11.1 Å². The molecule has 0 fully saturated rings. The van der Waals surface area contributed by atoms with E-state index in [9.17, 15) is 19.5 Å². The topological polar surface area (TPSA) is 104 Å². The number of rotatable bonds is 4. The van der Waals surface area contributed by atoms with E-state index in [1.54, 1.807) is 38.1 Å². The maximum Gasteiger partial charge on any atom is 0.332 e. The molecule has 4 aromatic rings. The van der Waals surface area contributed by atoms with E-state index < -0.39 is 16.8 Å². The van der Waals surface area contributed by atoms with Crippen LogP contribution >= 0.6 is 11.6 Å². The van der Waals surface area contributed by atoms with Gasteiger partial charge in [-0.1, -0.05) is 23.7 Å². The molecule has 30 heavy (non-hydrogen) atoms. The van der Waals surface area contributed by atoms with Gasteiger partial charge in [-0.25, -0.2) is 9.20 Å². The molecule has 0 saturated carbocycles. The highest BCUT2D eigenvalue weighted by Gasteiger charge is 2.23. The fraction of sp³-hybridized carbons (Fsp3) is 0.300. The fourth-order valence-corrected chi connectivity index (χ4v) is 3.77. The summed E-state index contributed by atoms with van der Waals surface area (Å²) in [5.41, 5.74) is -0.611. The summed E-state index contributed by atoms with van der Waals surface area (Å²) >= 11 is 5.95. The zero-order valence-corrected chi connectivity index (χ0v) is 17.5. The monoisotopic (exact) mass is 429 g/mol. The van der Waals surface area contributed by atoms with Crippen molar-refractivity contribution >= 4 is 28.5 Å². The second-order valence-electron chi connectivity index (χ2n) is 6.96. The molecule has 0 aliphatic carbocycles. The van der Waals surface area contributed by atoms with Gasteiger partial charge in [-0.15, -0.1) is 0 Å². The van der Waals surface area contributed by atoms with Crippen LogP contribution < -0.4 is 16.8 Å². The molecule has 0 unspecified atom stereocenters. The smallest absolute Gasteiger partial charge is 0.332 e. The van der Waals surface area contributed by atoms with Gasteiger partial charge in [-0.2, -0.15) is 4.98 Å². The van der Waals surface area contributed by atoms with E-state index in [1.165, 1.54) is 20.5 Å². The number of aromatic hydroxyl groups is 1. The highest BCUT2D eigenvalue weighted by Crippen LogP contribution is 2.21. The van der Waals surface area contributed by atoms with Gasteiger partial charge in [0.05, 0.1) is 12.1 Å². The van der Waals surface area contributed by atoms with Crippen LogP contribution in [0.1, 0.15) is 25.0 Å². The number of hydrogen-bond acceptors (Lipinski definition) is 5. The molecular formula is C20H20ClN5O4. The van der Waals surface area contributed by atoms with Crippen LogP contribution in [0, 0.1) is 6.92 Å². The van der Waals surface area contributed by atoms with E-state index in [0.717, 1.165) is 10.1 Å². The average Bonchev–Trinajstić information content (AvgIpc) is 3.12. The average molecular weight is 430 g/mol. The van der Waals surface area contributed by atoms with Crippen molar-refractivity contribution in [3.8, 4) is 5.88 Å². The lowest BCUT2D eigenvalue weighted by molar-refractivity contribution is 0.414. The van der Waals surface area contributed by atoms with Crippen LogP contribution in [0.3, 0.4) is 0 Å². The Labute approximate surface area is 175 Å². The highest BCUT2D eigenvalue weighted by atomic mass is 35.5. The third-order valence-corrected chi connectivity index (χ3v) is 5.50. The minimum absolute atomic E-state index is 0.0197. The molecule has 0 spiro atoms. The van der Waals surface area contributed by atoms with E-state index in [2.05, 4.69) is 4.98 Å². The van der Waals surface area contributed by atoms with Crippen molar-refractivity contribution in [1.29, 1.82) is 0 Å². The SMILES string of the molecule is CCn1c(=O)c2c(nc3n(Cc4ccc(Cl)cc4)c(O)c(C)c(=O)n23)n(CC)c1=O. The van der Waals surface area contributed by atoms with Gasteiger partial charge >= 0.3 is 5.69 Å². The van der Waals surface area contributed by atoms with Gasteiger partial charge in [0.1, 0.15) is 0 Å². The van der Waals surface area contributed by atoms with Gasteiger partial charge in [-0.3, -0.25) is 23.3 Å². The molecule has 4 rings (SSSR count). The Morgan fingerprint density at radius 1 is 0.967 bits per heavy atom. The van der Waals surface area contributed by atoms with Crippen molar-refractivity contribution < 1.29 is 5.11 Å². The fourth-order valence-electron chi connectivity index (χ4n) is 3.64. The summed E-state index contributed by atoms with van der Waals surface area (Å²) in [5.74, 6) is -0.167. The Morgan fingerprint density at radius 3 is 2.20 bits per heavy atom. The maximum absolute atomic E-state index is 13.0. The lowest BCUT2D eigenvalue weighted by atomic mass is 10.2. The van der Waals surface area contributed by atoms with Gasteiger partial charge in [-0.05, 0) is 38.5 Å². The molecule has 0 aliphatic rings. The molecule has 0 radical (unpaired) electrons. The number of halogens is 1. The quantitative estimate of drug-likeness (QED) is 0.532. The Balaban J connectivity index is 2.18. The van der Waals surface area contributed by atoms with E-state index in [1.807, 2.05) is 0 Å². The number of benzene rings is 1. The van der Waals surface area contributed by atoms with Crippen molar-refractivity contribution in [2.75, 3.05) is 0 Å². The summed E-state index contributed by atoms with van der Waals surface area (Å²) < 4.78 is 5.05. The second kappa shape index (κ2) is 7.17. The van der Waals surface area contributed by atoms with Crippen LogP contribution in [-0.4, -0.2) is 28.2 Å². The molecule has 0 amide bonds. The Bertz CT molecular complexity index is 1470. The largest absolute Gasteiger partial charge is 0.494 e. The van der Waals surface area contributed by atoms with Gasteiger partial charge in [0.15, 0.2) is 11.2 Å². The molecule has 0 bridgehead atoms. The molecule has 10 heteroatoms. The first-order valence-electron chi connectivity index (χ1n) is 9.52. The summed E-state index contributed by atoms with van der Waals surface area (Å²) in [6.07, 6.45) is 0. The van der Waals surface area contributed by atoms with Crippen LogP contribution in [0.4, 0.5) is 0 Å². The number of imidazole rings is 1. The Kier molecular flexibility index (Phi) is 4.77.